The van der Waals surface area contributed by atoms with Crippen molar-refractivity contribution in [3.05, 3.63) is 0 Å². The van der Waals surface area contributed by atoms with Crippen molar-refractivity contribution in [3.8, 4) is 0 Å². The highest BCUT2D eigenvalue weighted by Gasteiger charge is 2.21. The number of nitrogens with one attached hydrogen (secondary N) is 2. The molecular formula is C12H23N3O2. The third kappa shape index (κ3) is 4.26. The molecule has 1 saturated heterocycles. The first-order chi connectivity index (χ1) is 8.24. The molecule has 2 aliphatic rings. The van der Waals surface area contributed by atoms with Crippen LogP contribution in [0.5, 0.6) is 0 Å². The van der Waals surface area contributed by atoms with Gasteiger partial charge in [0.15, 0.2) is 0 Å². The second-order valence-electron chi connectivity index (χ2n) is 5.10. The summed E-state index contributed by atoms with van der Waals surface area (Å²) >= 11 is 0. The van der Waals surface area contributed by atoms with Crippen molar-refractivity contribution in [1.29, 1.82) is 0 Å². The van der Waals surface area contributed by atoms with Gasteiger partial charge in [0.25, 0.3) is 0 Å². The molecule has 5 heteroatoms. The minimum Gasteiger partial charge on any atom is -0.393 e. The molecule has 0 atom stereocenters. The monoisotopic (exact) mass is 241 g/mol. The zero-order valence-corrected chi connectivity index (χ0v) is 10.3. The number of rotatable bonds is 3. The maximum Gasteiger partial charge on any atom is 0.234 e. The molecule has 0 unspecified atom stereocenters. The van der Waals surface area contributed by atoms with E-state index in [0.29, 0.717) is 6.54 Å². The van der Waals surface area contributed by atoms with Crippen LogP contribution in [-0.4, -0.2) is 60.8 Å². The first kappa shape index (κ1) is 12.8. The summed E-state index contributed by atoms with van der Waals surface area (Å²) in [5, 5.41) is 15.7. The highest BCUT2D eigenvalue weighted by molar-refractivity contribution is 5.78. The molecule has 0 aromatic carbocycles. The molecule has 0 aromatic rings. The maximum absolute atomic E-state index is 11.8. The highest BCUT2D eigenvalue weighted by Crippen LogP contribution is 2.18. The molecule has 1 aliphatic carbocycles. The normalized spacial score (nSPS) is 31.1. The van der Waals surface area contributed by atoms with Gasteiger partial charge in [-0.1, -0.05) is 0 Å². The SMILES string of the molecule is O=C(CN1CCNCC1)NC1CCC(O)CC1. The summed E-state index contributed by atoms with van der Waals surface area (Å²) in [5.41, 5.74) is 0. The van der Waals surface area contributed by atoms with E-state index in [1.807, 2.05) is 0 Å². The van der Waals surface area contributed by atoms with Gasteiger partial charge in [-0.15, -0.1) is 0 Å². The molecule has 0 bridgehead atoms. The summed E-state index contributed by atoms with van der Waals surface area (Å²) in [6, 6.07) is 0.272. The zero-order valence-electron chi connectivity index (χ0n) is 10.3. The molecule has 0 aromatic heterocycles. The maximum atomic E-state index is 11.8. The number of hydrogen-bond donors (Lipinski definition) is 3. The third-order valence-electron chi connectivity index (χ3n) is 3.64. The van der Waals surface area contributed by atoms with E-state index < -0.39 is 0 Å². The van der Waals surface area contributed by atoms with Gasteiger partial charge in [-0.3, -0.25) is 9.69 Å². The number of carbonyl (C=O) groups excluding carboxylic acids is 1. The van der Waals surface area contributed by atoms with Gasteiger partial charge >= 0.3 is 0 Å². The Balaban J connectivity index is 1.66. The van der Waals surface area contributed by atoms with Crippen LogP contribution in [0, 0.1) is 0 Å². The number of nitrogens with zero attached hydrogens (tertiary/aromatic N) is 1. The van der Waals surface area contributed by atoms with E-state index in [4.69, 9.17) is 0 Å². The largest absolute Gasteiger partial charge is 0.393 e. The Morgan fingerprint density at radius 2 is 1.88 bits per heavy atom. The Bertz CT molecular complexity index is 246. The molecule has 2 fully saturated rings. The third-order valence-corrected chi connectivity index (χ3v) is 3.64. The van der Waals surface area contributed by atoms with Crippen molar-refractivity contribution in [2.45, 2.75) is 37.8 Å². The predicted molar refractivity (Wildman–Crippen MR) is 65.7 cm³/mol. The average Bonchev–Trinajstić information content (AvgIpc) is 2.33. The van der Waals surface area contributed by atoms with Crippen molar-refractivity contribution < 1.29 is 9.90 Å². The minimum absolute atomic E-state index is 0.133. The van der Waals surface area contributed by atoms with E-state index >= 15 is 0 Å². The van der Waals surface area contributed by atoms with E-state index in [9.17, 15) is 9.90 Å². The second-order valence-corrected chi connectivity index (χ2v) is 5.10. The van der Waals surface area contributed by atoms with Crippen LogP contribution < -0.4 is 10.6 Å². The molecule has 1 amide bonds. The fourth-order valence-electron chi connectivity index (χ4n) is 2.57. The summed E-state index contributed by atoms with van der Waals surface area (Å²) in [7, 11) is 0. The van der Waals surface area contributed by atoms with E-state index in [-0.39, 0.29) is 18.1 Å². The van der Waals surface area contributed by atoms with E-state index in [0.717, 1.165) is 51.9 Å². The lowest BCUT2D eigenvalue weighted by atomic mass is 9.93. The Morgan fingerprint density at radius 1 is 1.24 bits per heavy atom. The van der Waals surface area contributed by atoms with E-state index in [2.05, 4.69) is 15.5 Å². The zero-order chi connectivity index (χ0) is 12.1. The molecule has 98 valence electrons. The summed E-state index contributed by atoms with van der Waals surface area (Å²) < 4.78 is 0. The molecule has 5 nitrogen and oxygen atoms in total. The molecule has 1 heterocycles. The standard InChI is InChI=1S/C12H23N3O2/c16-11-3-1-10(2-4-11)14-12(17)9-15-7-5-13-6-8-15/h10-11,13,16H,1-9H2,(H,14,17). The van der Waals surface area contributed by atoms with Gasteiger partial charge in [0.1, 0.15) is 0 Å². The molecule has 17 heavy (non-hydrogen) atoms. The summed E-state index contributed by atoms with van der Waals surface area (Å²) in [6.45, 7) is 4.38. The molecule has 0 spiro atoms. The summed E-state index contributed by atoms with van der Waals surface area (Å²) in [4.78, 5) is 14.0. The molecule has 1 aliphatic heterocycles. The fraction of sp³-hybridized carbons (Fsp3) is 0.917. The summed E-state index contributed by atoms with van der Waals surface area (Å²) in [5.74, 6) is 0.133. The lowest BCUT2D eigenvalue weighted by Crippen LogP contribution is -2.49. The van der Waals surface area contributed by atoms with Crippen LogP contribution in [0.15, 0.2) is 0 Å². The van der Waals surface area contributed by atoms with Gasteiger partial charge in [0.05, 0.1) is 12.6 Å². The number of aliphatic hydroxyl groups excluding tert-OH is 1. The van der Waals surface area contributed by atoms with Crippen LogP contribution in [0.2, 0.25) is 0 Å². The first-order valence-corrected chi connectivity index (χ1v) is 6.64. The van der Waals surface area contributed by atoms with Gasteiger partial charge in [0, 0.05) is 32.2 Å². The molecule has 0 radical (unpaired) electrons. The molecule has 2 rings (SSSR count). The fourth-order valence-corrected chi connectivity index (χ4v) is 2.57. The smallest absolute Gasteiger partial charge is 0.234 e. The quantitative estimate of drug-likeness (QED) is 0.612. The first-order valence-electron chi connectivity index (χ1n) is 6.64. The van der Waals surface area contributed by atoms with Crippen molar-refractivity contribution in [1.82, 2.24) is 15.5 Å². The van der Waals surface area contributed by atoms with Crippen LogP contribution >= 0.6 is 0 Å². The van der Waals surface area contributed by atoms with E-state index in [1.54, 1.807) is 0 Å². The van der Waals surface area contributed by atoms with Crippen LogP contribution in [-0.2, 0) is 4.79 Å². The van der Waals surface area contributed by atoms with Crippen LogP contribution in [0.4, 0.5) is 0 Å². The number of carbonyl (C=O) groups is 1. The number of hydrogen-bond acceptors (Lipinski definition) is 4. The van der Waals surface area contributed by atoms with Crippen molar-refractivity contribution in [3.63, 3.8) is 0 Å². The Kier molecular flexibility index (Phi) is 4.76. The number of piperazine rings is 1. The lowest BCUT2D eigenvalue weighted by Gasteiger charge is -2.29. The molecule has 1 saturated carbocycles. The number of aliphatic hydroxyl groups is 1. The average molecular weight is 241 g/mol. The van der Waals surface area contributed by atoms with Crippen LogP contribution in [0.3, 0.4) is 0 Å². The van der Waals surface area contributed by atoms with Gasteiger partial charge in [-0.05, 0) is 25.7 Å². The Morgan fingerprint density at radius 3 is 2.53 bits per heavy atom. The second kappa shape index (κ2) is 6.33. The Labute approximate surface area is 103 Å². The van der Waals surface area contributed by atoms with Crippen LogP contribution in [0.1, 0.15) is 25.7 Å². The van der Waals surface area contributed by atoms with Gasteiger partial charge in [0.2, 0.25) is 5.91 Å². The lowest BCUT2D eigenvalue weighted by molar-refractivity contribution is -0.123. The topological polar surface area (TPSA) is 64.6 Å². The summed E-state index contributed by atoms with van der Waals surface area (Å²) in [6.07, 6.45) is 3.30. The van der Waals surface area contributed by atoms with Crippen molar-refractivity contribution in [2.75, 3.05) is 32.7 Å². The van der Waals surface area contributed by atoms with Gasteiger partial charge in [-0.25, -0.2) is 0 Å². The van der Waals surface area contributed by atoms with Crippen LogP contribution in [0.25, 0.3) is 0 Å². The molecule has 3 N–H and O–H groups in total. The molecular weight excluding hydrogens is 218 g/mol. The van der Waals surface area contributed by atoms with Crippen molar-refractivity contribution >= 4 is 5.91 Å². The van der Waals surface area contributed by atoms with E-state index in [1.165, 1.54) is 0 Å². The highest BCUT2D eigenvalue weighted by atomic mass is 16.3. The van der Waals surface area contributed by atoms with Crippen molar-refractivity contribution in [2.24, 2.45) is 0 Å². The Hall–Kier alpha value is -0.650. The van der Waals surface area contributed by atoms with Gasteiger partial charge < -0.3 is 15.7 Å². The van der Waals surface area contributed by atoms with Gasteiger partial charge in [-0.2, -0.15) is 0 Å². The predicted octanol–water partition coefficient (Wildman–Crippen LogP) is -0.689. The minimum atomic E-state index is -0.156. The number of amides is 1.